The van der Waals surface area contributed by atoms with Gasteiger partial charge >= 0.3 is 0 Å². The number of amides is 1. The van der Waals surface area contributed by atoms with Crippen molar-refractivity contribution in [2.45, 2.75) is 37.1 Å². The molecule has 0 saturated heterocycles. The summed E-state index contributed by atoms with van der Waals surface area (Å²) in [6, 6.07) is 10.5. The van der Waals surface area contributed by atoms with Gasteiger partial charge in [-0.1, -0.05) is 30.3 Å². The van der Waals surface area contributed by atoms with Crippen LogP contribution in [0.15, 0.2) is 30.3 Å². The fourth-order valence-corrected chi connectivity index (χ4v) is 3.07. The van der Waals surface area contributed by atoms with E-state index in [0.717, 1.165) is 25.7 Å². The van der Waals surface area contributed by atoms with Crippen molar-refractivity contribution < 1.29 is 9.53 Å². The molecule has 1 fully saturated rings. The highest BCUT2D eigenvalue weighted by Crippen LogP contribution is 2.37. The van der Waals surface area contributed by atoms with Gasteiger partial charge in [-0.15, -0.1) is 0 Å². The Hall–Kier alpha value is -1.39. The lowest BCUT2D eigenvalue weighted by Crippen LogP contribution is -2.57. The van der Waals surface area contributed by atoms with Gasteiger partial charge in [-0.05, 0) is 37.2 Å². The zero-order chi connectivity index (χ0) is 14.4. The normalized spacial score (nSPS) is 26.4. The topological polar surface area (TPSA) is 64.3 Å². The quantitative estimate of drug-likeness (QED) is 0.779. The summed E-state index contributed by atoms with van der Waals surface area (Å²) in [5.74, 6) is 0.299. The first kappa shape index (κ1) is 15.0. The summed E-state index contributed by atoms with van der Waals surface area (Å²) in [6.45, 7) is 1.26. The Labute approximate surface area is 120 Å². The van der Waals surface area contributed by atoms with E-state index in [1.54, 1.807) is 7.11 Å². The van der Waals surface area contributed by atoms with Gasteiger partial charge in [0.15, 0.2) is 0 Å². The van der Waals surface area contributed by atoms with Crippen LogP contribution >= 0.6 is 0 Å². The van der Waals surface area contributed by atoms with Crippen molar-refractivity contribution in [3.05, 3.63) is 35.9 Å². The largest absolute Gasteiger partial charge is 0.383 e. The van der Waals surface area contributed by atoms with Crippen LogP contribution in [0.4, 0.5) is 0 Å². The summed E-state index contributed by atoms with van der Waals surface area (Å²) in [7, 11) is 1.66. The predicted molar refractivity (Wildman–Crippen MR) is 79.5 cm³/mol. The van der Waals surface area contributed by atoms with Crippen molar-refractivity contribution in [2.24, 2.45) is 5.73 Å². The molecular weight excluding hydrogens is 252 g/mol. The standard InChI is InChI=1S/C16H24N2O2/c1-20-12-11-18-16(15(17)19)9-7-14(8-10-16)13-5-3-2-4-6-13/h2-6,14,18H,7-12H2,1H3,(H2,17,19). The van der Waals surface area contributed by atoms with Gasteiger partial charge in [0.2, 0.25) is 5.91 Å². The fraction of sp³-hybridized carbons (Fsp3) is 0.562. The average Bonchev–Trinajstić information content (AvgIpc) is 2.49. The molecule has 1 aliphatic carbocycles. The summed E-state index contributed by atoms with van der Waals surface area (Å²) in [5, 5.41) is 3.31. The van der Waals surface area contributed by atoms with Crippen LogP contribution < -0.4 is 11.1 Å². The van der Waals surface area contributed by atoms with Gasteiger partial charge in [-0.2, -0.15) is 0 Å². The van der Waals surface area contributed by atoms with Gasteiger partial charge in [-0.25, -0.2) is 0 Å². The van der Waals surface area contributed by atoms with E-state index in [4.69, 9.17) is 10.5 Å². The van der Waals surface area contributed by atoms with E-state index in [1.165, 1.54) is 5.56 Å². The molecule has 0 aromatic heterocycles. The summed E-state index contributed by atoms with van der Waals surface area (Å²) >= 11 is 0. The molecule has 1 saturated carbocycles. The number of hydrogen-bond acceptors (Lipinski definition) is 3. The van der Waals surface area contributed by atoms with Crippen LogP contribution in [0.25, 0.3) is 0 Å². The highest BCUT2D eigenvalue weighted by Gasteiger charge is 2.40. The number of carbonyl (C=O) groups excluding carboxylic acids is 1. The highest BCUT2D eigenvalue weighted by molar-refractivity contribution is 5.84. The third kappa shape index (κ3) is 3.38. The minimum atomic E-state index is -0.552. The van der Waals surface area contributed by atoms with Crippen molar-refractivity contribution in [3.63, 3.8) is 0 Å². The SMILES string of the molecule is COCCNC1(C(N)=O)CCC(c2ccccc2)CC1. The molecule has 4 nitrogen and oxygen atoms in total. The van der Waals surface area contributed by atoms with E-state index in [1.807, 2.05) is 6.07 Å². The van der Waals surface area contributed by atoms with Crippen molar-refractivity contribution in [1.29, 1.82) is 0 Å². The zero-order valence-corrected chi connectivity index (χ0v) is 12.1. The van der Waals surface area contributed by atoms with E-state index < -0.39 is 5.54 Å². The Kier molecular flexibility index (Phi) is 5.15. The van der Waals surface area contributed by atoms with Gasteiger partial charge in [0.05, 0.1) is 12.1 Å². The molecule has 110 valence electrons. The molecule has 0 unspecified atom stereocenters. The van der Waals surface area contributed by atoms with Crippen molar-refractivity contribution in [3.8, 4) is 0 Å². The number of rotatable bonds is 6. The minimum absolute atomic E-state index is 0.236. The summed E-state index contributed by atoms with van der Waals surface area (Å²) in [5.41, 5.74) is 6.44. The van der Waals surface area contributed by atoms with E-state index >= 15 is 0 Å². The third-order valence-corrected chi connectivity index (χ3v) is 4.35. The predicted octanol–water partition coefficient (Wildman–Crippen LogP) is 1.80. The second-order valence-electron chi connectivity index (χ2n) is 5.55. The number of primary amides is 1. The summed E-state index contributed by atoms with van der Waals surface area (Å²) < 4.78 is 5.03. The number of nitrogens with one attached hydrogen (secondary N) is 1. The molecular formula is C16H24N2O2. The Morgan fingerprint density at radius 3 is 2.55 bits per heavy atom. The number of benzene rings is 1. The first-order valence-electron chi connectivity index (χ1n) is 7.27. The molecule has 20 heavy (non-hydrogen) atoms. The van der Waals surface area contributed by atoms with Crippen LogP contribution in [-0.4, -0.2) is 31.7 Å². The molecule has 1 aromatic carbocycles. The van der Waals surface area contributed by atoms with E-state index in [-0.39, 0.29) is 5.91 Å². The lowest BCUT2D eigenvalue weighted by atomic mass is 9.73. The van der Waals surface area contributed by atoms with Crippen LogP contribution in [0.3, 0.4) is 0 Å². The lowest BCUT2D eigenvalue weighted by molar-refractivity contribution is -0.126. The van der Waals surface area contributed by atoms with Crippen molar-refractivity contribution >= 4 is 5.91 Å². The molecule has 0 radical (unpaired) electrons. The van der Waals surface area contributed by atoms with E-state index in [9.17, 15) is 4.79 Å². The smallest absolute Gasteiger partial charge is 0.237 e. The number of hydrogen-bond donors (Lipinski definition) is 2. The molecule has 1 aromatic rings. The maximum absolute atomic E-state index is 11.8. The van der Waals surface area contributed by atoms with Gasteiger partial charge < -0.3 is 15.8 Å². The molecule has 3 N–H and O–H groups in total. The number of ether oxygens (including phenoxy) is 1. The van der Waals surface area contributed by atoms with E-state index in [2.05, 4.69) is 29.6 Å². The van der Waals surface area contributed by atoms with Crippen LogP contribution in [0, 0.1) is 0 Å². The second kappa shape index (κ2) is 6.86. The number of methoxy groups -OCH3 is 1. The fourth-order valence-electron chi connectivity index (χ4n) is 3.07. The third-order valence-electron chi connectivity index (χ3n) is 4.35. The van der Waals surface area contributed by atoms with Gasteiger partial charge in [0, 0.05) is 13.7 Å². The number of carbonyl (C=O) groups is 1. The van der Waals surface area contributed by atoms with Crippen LogP contribution in [0.2, 0.25) is 0 Å². The van der Waals surface area contributed by atoms with Gasteiger partial charge in [0.25, 0.3) is 0 Å². The summed E-state index contributed by atoms with van der Waals surface area (Å²) in [4.78, 5) is 11.8. The molecule has 2 rings (SSSR count). The second-order valence-corrected chi connectivity index (χ2v) is 5.55. The lowest BCUT2D eigenvalue weighted by Gasteiger charge is -2.38. The molecule has 4 heteroatoms. The Balaban J connectivity index is 1.97. The molecule has 1 amide bonds. The zero-order valence-electron chi connectivity index (χ0n) is 12.1. The van der Waals surface area contributed by atoms with Gasteiger partial charge in [-0.3, -0.25) is 4.79 Å². The molecule has 0 aliphatic heterocycles. The molecule has 1 aliphatic rings. The van der Waals surface area contributed by atoms with Crippen molar-refractivity contribution in [2.75, 3.05) is 20.3 Å². The highest BCUT2D eigenvalue weighted by atomic mass is 16.5. The Morgan fingerprint density at radius 1 is 1.35 bits per heavy atom. The Bertz CT molecular complexity index is 425. The first-order valence-corrected chi connectivity index (χ1v) is 7.27. The van der Waals surface area contributed by atoms with Crippen LogP contribution in [0.5, 0.6) is 0 Å². The average molecular weight is 276 g/mol. The summed E-state index contributed by atoms with van der Waals surface area (Å²) in [6.07, 6.45) is 3.58. The Morgan fingerprint density at radius 2 is 2.00 bits per heavy atom. The molecule has 0 spiro atoms. The minimum Gasteiger partial charge on any atom is -0.383 e. The van der Waals surface area contributed by atoms with Gasteiger partial charge in [0.1, 0.15) is 0 Å². The number of nitrogens with two attached hydrogens (primary N) is 1. The van der Waals surface area contributed by atoms with Crippen molar-refractivity contribution in [1.82, 2.24) is 5.32 Å². The van der Waals surface area contributed by atoms with Crippen LogP contribution in [-0.2, 0) is 9.53 Å². The molecule has 0 heterocycles. The molecule has 0 bridgehead atoms. The maximum atomic E-state index is 11.8. The van der Waals surface area contributed by atoms with Crippen LogP contribution in [0.1, 0.15) is 37.2 Å². The molecule has 0 atom stereocenters. The van der Waals surface area contributed by atoms with E-state index in [0.29, 0.717) is 19.1 Å². The monoisotopic (exact) mass is 276 g/mol. The first-order chi connectivity index (χ1) is 9.68. The maximum Gasteiger partial charge on any atom is 0.237 e.